The van der Waals surface area contributed by atoms with E-state index in [1.807, 2.05) is 65.6 Å². The largest absolute Gasteiger partial charge is 0.338 e. The number of thiazole rings is 1. The van der Waals surface area contributed by atoms with Gasteiger partial charge >= 0.3 is 0 Å². The fraction of sp³-hybridized carbons (Fsp3) is 0.227. The summed E-state index contributed by atoms with van der Waals surface area (Å²) < 4.78 is 0. The van der Waals surface area contributed by atoms with E-state index in [9.17, 15) is 9.59 Å². The average molecular weight is 391 g/mol. The highest BCUT2D eigenvalue weighted by molar-refractivity contribution is 7.16. The second-order valence-corrected chi connectivity index (χ2v) is 7.85. The summed E-state index contributed by atoms with van der Waals surface area (Å²) in [6, 6.07) is 19.3. The molecule has 2 amide bonds. The van der Waals surface area contributed by atoms with Crippen molar-refractivity contribution in [2.24, 2.45) is 5.92 Å². The fourth-order valence-electron chi connectivity index (χ4n) is 3.35. The molecule has 0 radical (unpaired) electrons. The molecule has 0 saturated carbocycles. The average Bonchev–Trinajstić information content (AvgIpc) is 3.25. The highest BCUT2D eigenvalue weighted by Crippen LogP contribution is 2.27. The van der Waals surface area contributed by atoms with E-state index in [1.54, 1.807) is 6.20 Å². The zero-order valence-corrected chi connectivity index (χ0v) is 16.2. The SMILES string of the molecule is O=C(Nc1ccccc1)C1CCN(C(=O)c2cnc(-c3ccccc3)s2)CC1. The Labute approximate surface area is 168 Å². The van der Waals surface area contributed by atoms with Crippen LogP contribution in [0.2, 0.25) is 0 Å². The van der Waals surface area contributed by atoms with Gasteiger partial charge in [0, 0.05) is 30.3 Å². The number of hydrogen-bond donors (Lipinski definition) is 1. The number of aromatic nitrogens is 1. The van der Waals surface area contributed by atoms with Gasteiger partial charge in [-0.2, -0.15) is 0 Å². The highest BCUT2D eigenvalue weighted by Gasteiger charge is 2.28. The van der Waals surface area contributed by atoms with Gasteiger partial charge in [-0.05, 0) is 25.0 Å². The number of para-hydroxylation sites is 1. The first-order chi connectivity index (χ1) is 13.7. The molecule has 1 fully saturated rings. The number of nitrogens with zero attached hydrogens (tertiary/aromatic N) is 2. The van der Waals surface area contributed by atoms with Crippen LogP contribution >= 0.6 is 11.3 Å². The van der Waals surface area contributed by atoms with Crippen molar-refractivity contribution in [1.82, 2.24) is 9.88 Å². The maximum atomic E-state index is 12.8. The quantitative estimate of drug-likeness (QED) is 0.721. The minimum absolute atomic E-state index is 0.00148. The number of likely N-dealkylation sites (tertiary alicyclic amines) is 1. The zero-order valence-electron chi connectivity index (χ0n) is 15.4. The predicted octanol–water partition coefficient (Wildman–Crippen LogP) is 4.30. The number of carbonyl (C=O) groups excluding carboxylic acids is 2. The Bertz CT molecular complexity index is 948. The third-order valence-corrected chi connectivity index (χ3v) is 5.97. The summed E-state index contributed by atoms with van der Waals surface area (Å²) in [5.41, 5.74) is 1.83. The van der Waals surface area contributed by atoms with E-state index in [4.69, 9.17) is 0 Å². The smallest absolute Gasteiger partial charge is 0.265 e. The summed E-state index contributed by atoms with van der Waals surface area (Å²) >= 11 is 1.42. The van der Waals surface area contributed by atoms with Gasteiger partial charge in [0.15, 0.2) is 0 Å². The molecule has 0 atom stereocenters. The normalized spacial score (nSPS) is 14.6. The lowest BCUT2D eigenvalue weighted by Gasteiger charge is -2.31. The molecule has 28 heavy (non-hydrogen) atoms. The van der Waals surface area contributed by atoms with Crippen LogP contribution in [-0.4, -0.2) is 34.8 Å². The fourth-order valence-corrected chi connectivity index (χ4v) is 4.24. The first-order valence-electron chi connectivity index (χ1n) is 9.37. The molecule has 6 heteroatoms. The molecule has 1 aliphatic rings. The lowest BCUT2D eigenvalue weighted by molar-refractivity contribution is -0.121. The van der Waals surface area contributed by atoms with Gasteiger partial charge in [-0.15, -0.1) is 11.3 Å². The molecule has 0 unspecified atom stereocenters. The van der Waals surface area contributed by atoms with Crippen LogP contribution in [0.1, 0.15) is 22.5 Å². The van der Waals surface area contributed by atoms with Crippen molar-refractivity contribution >= 4 is 28.8 Å². The molecule has 0 aliphatic carbocycles. The Morgan fingerprint density at radius 1 is 0.964 bits per heavy atom. The number of carbonyl (C=O) groups is 2. The molecular weight excluding hydrogens is 370 g/mol. The van der Waals surface area contributed by atoms with Crippen molar-refractivity contribution in [2.75, 3.05) is 18.4 Å². The van der Waals surface area contributed by atoms with E-state index in [2.05, 4.69) is 10.3 Å². The van der Waals surface area contributed by atoms with Gasteiger partial charge < -0.3 is 10.2 Å². The van der Waals surface area contributed by atoms with Crippen LogP contribution in [0, 0.1) is 5.92 Å². The molecule has 5 nitrogen and oxygen atoms in total. The predicted molar refractivity (Wildman–Crippen MR) is 111 cm³/mol. The molecular formula is C22H21N3O2S. The van der Waals surface area contributed by atoms with Crippen molar-refractivity contribution in [3.8, 4) is 10.6 Å². The molecule has 1 aliphatic heterocycles. The van der Waals surface area contributed by atoms with Gasteiger partial charge in [0.2, 0.25) is 5.91 Å². The van der Waals surface area contributed by atoms with Gasteiger partial charge in [-0.25, -0.2) is 4.98 Å². The molecule has 2 aromatic carbocycles. The first-order valence-corrected chi connectivity index (χ1v) is 10.2. The summed E-state index contributed by atoms with van der Waals surface area (Å²) in [6.45, 7) is 1.18. The molecule has 142 valence electrons. The highest BCUT2D eigenvalue weighted by atomic mass is 32.1. The van der Waals surface area contributed by atoms with Crippen molar-refractivity contribution in [1.29, 1.82) is 0 Å². The number of hydrogen-bond acceptors (Lipinski definition) is 4. The topological polar surface area (TPSA) is 62.3 Å². The van der Waals surface area contributed by atoms with Crippen LogP contribution in [0.4, 0.5) is 5.69 Å². The molecule has 1 aromatic heterocycles. The number of anilines is 1. The van der Waals surface area contributed by atoms with E-state index in [0.29, 0.717) is 30.8 Å². The van der Waals surface area contributed by atoms with Gasteiger partial charge in [-0.1, -0.05) is 48.5 Å². The van der Waals surface area contributed by atoms with Crippen LogP contribution < -0.4 is 5.32 Å². The van der Waals surface area contributed by atoms with E-state index in [-0.39, 0.29) is 17.7 Å². The maximum absolute atomic E-state index is 12.8. The van der Waals surface area contributed by atoms with Gasteiger partial charge in [-0.3, -0.25) is 9.59 Å². The lowest BCUT2D eigenvalue weighted by atomic mass is 9.95. The third kappa shape index (κ3) is 4.12. The van der Waals surface area contributed by atoms with Gasteiger partial charge in [0.05, 0.1) is 6.20 Å². The Kier molecular flexibility index (Phi) is 5.48. The summed E-state index contributed by atoms with van der Waals surface area (Å²) in [7, 11) is 0. The molecule has 3 aromatic rings. The monoisotopic (exact) mass is 391 g/mol. The Balaban J connectivity index is 1.34. The molecule has 4 rings (SSSR count). The number of rotatable bonds is 4. The lowest BCUT2D eigenvalue weighted by Crippen LogP contribution is -2.41. The van der Waals surface area contributed by atoms with Crippen molar-refractivity contribution in [3.05, 3.63) is 71.7 Å². The Morgan fingerprint density at radius 2 is 1.61 bits per heavy atom. The Morgan fingerprint density at radius 3 is 2.29 bits per heavy atom. The third-order valence-electron chi connectivity index (χ3n) is 4.93. The van der Waals surface area contributed by atoms with E-state index >= 15 is 0 Å². The van der Waals surface area contributed by atoms with Crippen LogP contribution in [0.3, 0.4) is 0 Å². The number of benzene rings is 2. The van der Waals surface area contributed by atoms with Crippen LogP contribution in [-0.2, 0) is 4.79 Å². The number of piperidine rings is 1. The molecule has 2 heterocycles. The van der Waals surface area contributed by atoms with Crippen LogP contribution in [0.15, 0.2) is 66.9 Å². The Hall–Kier alpha value is -2.99. The molecule has 1 N–H and O–H groups in total. The zero-order chi connectivity index (χ0) is 19.3. The molecule has 1 saturated heterocycles. The van der Waals surface area contributed by atoms with E-state index in [1.165, 1.54) is 11.3 Å². The van der Waals surface area contributed by atoms with Gasteiger partial charge in [0.1, 0.15) is 9.88 Å². The van der Waals surface area contributed by atoms with Gasteiger partial charge in [0.25, 0.3) is 5.91 Å². The maximum Gasteiger partial charge on any atom is 0.265 e. The number of nitrogens with one attached hydrogen (secondary N) is 1. The second-order valence-electron chi connectivity index (χ2n) is 6.82. The van der Waals surface area contributed by atoms with Crippen LogP contribution in [0.25, 0.3) is 10.6 Å². The van der Waals surface area contributed by atoms with E-state index in [0.717, 1.165) is 16.3 Å². The first kappa shape index (κ1) is 18.4. The molecule has 0 bridgehead atoms. The van der Waals surface area contributed by atoms with Crippen LogP contribution in [0.5, 0.6) is 0 Å². The summed E-state index contributed by atoms with van der Waals surface area (Å²) in [5.74, 6) is -0.0327. The van der Waals surface area contributed by atoms with Crippen molar-refractivity contribution in [2.45, 2.75) is 12.8 Å². The molecule has 0 spiro atoms. The number of amides is 2. The minimum Gasteiger partial charge on any atom is -0.338 e. The minimum atomic E-state index is -0.0643. The van der Waals surface area contributed by atoms with Crippen molar-refractivity contribution < 1.29 is 9.59 Å². The van der Waals surface area contributed by atoms with Crippen molar-refractivity contribution in [3.63, 3.8) is 0 Å². The summed E-state index contributed by atoms with van der Waals surface area (Å²) in [5, 5.41) is 3.81. The summed E-state index contributed by atoms with van der Waals surface area (Å²) in [6.07, 6.45) is 3.01. The standard InChI is InChI=1S/C22H21N3O2S/c26-20(24-18-9-5-2-6-10-18)16-11-13-25(14-12-16)22(27)19-15-23-21(28-19)17-7-3-1-4-8-17/h1-10,15-16H,11-14H2,(H,24,26). The second kappa shape index (κ2) is 8.35. The summed E-state index contributed by atoms with van der Waals surface area (Å²) in [4.78, 5) is 32.1. The van der Waals surface area contributed by atoms with E-state index < -0.39 is 0 Å².